The summed E-state index contributed by atoms with van der Waals surface area (Å²) in [7, 11) is 0. The van der Waals surface area contributed by atoms with E-state index in [0.29, 0.717) is 10.8 Å². The molecule has 0 bridgehead atoms. The minimum atomic E-state index is -1.25. The summed E-state index contributed by atoms with van der Waals surface area (Å²) in [6.07, 6.45) is 0.0112. The molecule has 1 fully saturated rings. The van der Waals surface area contributed by atoms with Gasteiger partial charge in [0.05, 0.1) is 17.1 Å². The quantitative estimate of drug-likeness (QED) is 0.643. The normalized spacial score (nSPS) is 23.3. The maximum atomic E-state index is 12.2. The summed E-state index contributed by atoms with van der Waals surface area (Å²) in [6, 6.07) is -0.761. The number of nitrogens with one attached hydrogen (secondary N) is 1. The lowest BCUT2D eigenvalue weighted by molar-refractivity contribution is -0.150. The summed E-state index contributed by atoms with van der Waals surface area (Å²) < 4.78 is 0. The Hall–Kier alpha value is -1.78. The molecule has 2 aliphatic heterocycles. The first-order valence-electron chi connectivity index (χ1n) is 6.44. The number of carboxylic acids is 1. The standard InChI is InChI=1S/C12H11ClN4O4S2/c13-5-3-22-10-7(9(19)17(10)8(5)11(20)21)16-6(18)1-4-2-23-12(14)15-4/h2,7,10H,1,3H2,(H2,14,15)(H,16,18)(H,20,21)/t7-,10?/m1/s1. The van der Waals surface area contributed by atoms with Crippen molar-refractivity contribution >= 4 is 57.6 Å². The minimum Gasteiger partial charge on any atom is -0.477 e. The van der Waals surface area contributed by atoms with Gasteiger partial charge in [-0.25, -0.2) is 9.78 Å². The number of aliphatic carboxylic acids is 1. The summed E-state index contributed by atoms with van der Waals surface area (Å²) in [5, 5.41) is 13.5. The van der Waals surface area contributed by atoms with Crippen LogP contribution in [0.1, 0.15) is 5.69 Å². The van der Waals surface area contributed by atoms with Crippen molar-refractivity contribution in [3.05, 3.63) is 21.8 Å². The molecule has 0 saturated carbocycles. The predicted octanol–water partition coefficient (Wildman–Crippen LogP) is 0.203. The highest BCUT2D eigenvalue weighted by atomic mass is 35.5. The number of carbonyl (C=O) groups excluding carboxylic acids is 2. The Morgan fingerprint density at radius 2 is 2.30 bits per heavy atom. The fraction of sp³-hybridized carbons (Fsp3) is 0.333. The molecular weight excluding hydrogens is 364 g/mol. The van der Waals surface area contributed by atoms with Crippen molar-refractivity contribution in [3.63, 3.8) is 0 Å². The average molecular weight is 375 g/mol. The van der Waals surface area contributed by atoms with Crippen LogP contribution in [-0.2, 0) is 20.8 Å². The van der Waals surface area contributed by atoms with Gasteiger partial charge in [-0.05, 0) is 0 Å². The molecule has 11 heteroatoms. The number of carboxylic acid groups (broad SMARTS) is 1. The number of hydrogen-bond acceptors (Lipinski definition) is 7. The molecule has 1 aromatic heterocycles. The number of anilines is 1. The van der Waals surface area contributed by atoms with Crippen LogP contribution in [0.3, 0.4) is 0 Å². The average Bonchev–Trinajstić information content (AvgIpc) is 2.89. The van der Waals surface area contributed by atoms with Crippen LogP contribution in [0.4, 0.5) is 5.13 Å². The molecule has 2 aliphatic rings. The highest BCUT2D eigenvalue weighted by Crippen LogP contribution is 2.41. The molecule has 1 unspecified atom stereocenters. The zero-order valence-electron chi connectivity index (χ0n) is 11.5. The maximum absolute atomic E-state index is 12.2. The lowest BCUT2D eigenvalue weighted by Crippen LogP contribution is -2.70. The number of amides is 2. The van der Waals surface area contributed by atoms with Gasteiger partial charge in [0, 0.05) is 11.1 Å². The Balaban J connectivity index is 1.66. The third-order valence-corrected chi connectivity index (χ3v) is 5.83. The summed E-state index contributed by atoms with van der Waals surface area (Å²) in [6.45, 7) is 0. The predicted molar refractivity (Wildman–Crippen MR) is 85.8 cm³/mol. The molecule has 0 spiro atoms. The van der Waals surface area contributed by atoms with Gasteiger partial charge < -0.3 is 16.2 Å². The van der Waals surface area contributed by atoms with Crippen molar-refractivity contribution in [3.8, 4) is 0 Å². The highest BCUT2D eigenvalue weighted by Gasteiger charge is 2.54. The number of carbonyl (C=O) groups is 3. The van der Waals surface area contributed by atoms with Crippen molar-refractivity contribution in [2.75, 3.05) is 11.5 Å². The second-order valence-electron chi connectivity index (χ2n) is 4.87. The van der Waals surface area contributed by atoms with E-state index in [4.69, 9.17) is 22.4 Å². The molecule has 2 atom stereocenters. The van der Waals surface area contributed by atoms with E-state index in [0.717, 1.165) is 4.90 Å². The van der Waals surface area contributed by atoms with E-state index in [9.17, 15) is 14.4 Å². The van der Waals surface area contributed by atoms with Crippen LogP contribution in [0.2, 0.25) is 0 Å². The fourth-order valence-electron chi connectivity index (χ4n) is 2.37. The van der Waals surface area contributed by atoms with Crippen molar-refractivity contribution in [2.24, 2.45) is 0 Å². The Morgan fingerprint density at radius 1 is 1.57 bits per heavy atom. The van der Waals surface area contributed by atoms with E-state index in [-0.39, 0.29) is 28.8 Å². The number of thiazole rings is 1. The first-order chi connectivity index (χ1) is 10.9. The second kappa shape index (κ2) is 6.02. The third kappa shape index (κ3) is 2.89. The van der Waals surface area contributed by atoms with E-state index in [1.807, 2.05) is 0 Å². The first kappa shape index (κ1) is 16.1. The summed E-state index contributed by atoms with van der Waals surface area (Å²) >= 11 is 8.42. The fourth-order valence-corrected chi connectivity index (χ4v) is 4.49. The number of fused-ring (bicyclic) bond motifs is 1. The monoisotopic (exact) mass is 374 g/mol. The Labute approximate surface area is 143 Å². The topological polar surface area (TPSA) is 126 Å². The maximum Gasteiger partial charge on any atom is 0.353 e. The molecule has 0 radical (unpaired) electrons. The number of nitrogens with two attached hydrogens (primary N) is 1. The van der Waals surface area contributed by atoms with Gasteiger partial charge in [-0.2, -0.15) is 0 Å². The number of β-lactam (4-membered cyclic amide) rings is 1. The largest absolute Gasteiger partial charge is 0.477 e. The van der Waals surface area contributed by atoms with E-state index in [1.165, 1.54) is 23.1 Å². The highest BCUT2D eigenvalue weighted by molar-refractivity contribution is 8.00. The lowest BCUT2D eigenvalue weighted by atomic mass is 10.0. The number of halogens is 1. The SMILES string of the molecule is Nc1nc(CC(=O)N[C@@H]2C(=O)N3C(C(=O)O)=C(Cl)CSC23)cs1. The third-order valence-electron chi connectivity index (χ3n) is 3.35. The molecule has 1 aromatic rings. The van der Waals surface area contributed by atoms with E-state index in [2.05, 4.69) is 10.3 Å². The Kier molecular flexibility index (Phi) is 4.21. The zero-order chi connectivity index (χ0) is 16.7. The van der Waals surface area contributed by atoms with E-state index < -0.39 is 23.3 Å². The van der Waals surface area contributed by atoms with Gasteiger partial charge in [-0.3, -0.25) is 14.5 Å². The molecule has 122 valence electrons. The smallest absolute Gasteiger partial charge is 0.353 e. The minimum absolute atomic E-state index is 0.0112. The van der Waals surface area contributed by atoms with Crippen LogP contribution in [0.15, 0.2) is 16.1 Å². The molecule has 0 aliphatic carbocycles. The van der Waals surface area contributed by atoms with Crippen LogP contribution >= 0.6 is 34.7 Å². The first-order valence-corrected chi connectivity index (χ1v) is 8.75. The van der Waals surface area contributed by atoms with Crippen molar-refractivity contribution < 1.29 is 19.5 Å². The molecule has 3 rings (SSSR count). The zero-order valence-corrected chi connectivity index (χ0v) is 13.9. The van der Waals surface area contributed by atoms with Gasteiger partial charge >= 0.3 is 5.97 Å². The molecule has 2 amide bonds. The van der Waals surface area contributed by atoms with Gasteiger partial charge in [0.15, 0.2) is 5.13 Å². The molecule has 8 nitrogen and oxygen atoms in total. The van der Waals surface area contributed by atoms with Crippen LogP contribution in [0, 0.1) is 0 Å². The van der Waals surface area contributed by atoms with Crippen LogP contribution in [-0.4, -0.2) is 49.9 Å². The number of rotatable bonds is 4. The van der Waals surface area contributed by atoms with E-state index in [1.54, 1.807) is 5.38 Å². The second-order valence-corrected chi connectivity index (χ2v) is 7.32. The lowest BCUT2D eigenvalue weighted by Gasteiger charge is -2.48. The summed E-state index contributed by atoms with van der Waals surface area (Å²) in [5.74, 6) is -1.82. The van der Waals surface area contributed by atoms with Crippen molar-refractivity contribution in [1.29, 1.82) is 0 Å². The molecule has 4 N–H and O–H groups in total. The number of nitrogen functional groups attached to an aromatic ring is 1. The van der Waals surface area contributed by atoms with Crippen LogP contribution in [0.5, 0.6) is 0 Å². The summed E-state index contributed by atoms with van der Waals surface area (Å²) in [4.78, 5) is 40.5. The van der Waals surface area contributed by atoms with Crippen molar-refractivity contribution in [1.82, 2.24) is 15.2 Å². The number of nitrogens with zero attached hydrogens (tertiary/aromatic N) is 2. The van der Waals surface area contributed by atoms with Gasteiger partial charge in [-0.15, -0.1) is 23.1 Å². The summed E-state index contributed by atoms with van der Waals surface area (Å²) in [5.41, 5.74) is 5.81. The van der Waals surface area contributed by atoms with Crippen molar-refractivity contribution in [2.45, 2.75) is 17.8 Å². The van der Waals surface area contributed by atoms with Crippen LogP contribution in [0.25, 0.3) is 0 Å². The molecule has 0 aromatic carbocycles. The van der Waals surface area contributed by atoms with Gasteiger partial charge in [0.1, 0.15) is 17.1 Å². The molecular formula is C12H11ClN4O4S2. The number of aromatic nitrogens is 1. The molecule has 1 saturated heterocycles. The van der Waals surface area contributed by atoms with Gasteiger partial charge in [-0.1, -0.05) is 11.6 Å². The van der Waals surface area contributed by atoms with Gasteiger partial charge in [0.25, 0.3) is 5.91 Å². The van der Waals surface area contributed by atoms with Gasteiger partial charge in [0.2, 0.25) is 5.91 Å². The molecule has 23 heavy (non-hydrogen) atoms. The number of thioether (sulfide) groups is 1. The van der Waals surface area contributed by atoms with Crippen LogP contribution < -0.4 is 11.1 Å². The Morgan fingerprint density at radius 3 is 2.91 bits per heavy atom. The van der Waals surface area contributed by atoms with E-state index >= 15 is 0 Å². The Bertz CT molecular complexity index is 734. The number of hydrogen-bond donors (Lipinski definition) is 3. The molecule has 3 heterocycles.